The number of hydrogen-bond donors (Lipinski definition) is 0. The number of hydrogen-bond acceptors (Lipinski definition) is 5. The highest BCUT2D eigenvalue weighted by Gasteiger charge is 2.17. The predicted octanol–water partition coefficient (Wildman–Crippen LogP) is 3.47. The van der Waals surface area contributed by atoms with Crippen LogP contribution in [0, 0.1) is 0 Å². The maximum atomic E-state index is 6.25. The lowest BCUT2D eigenvalue weighted by atomic mass is 10.2. The molecule has 0 amide bonds. The molecule has 3 aromatic rings. The topological polar surface area (TPSA) is 62.1 Å². The summed E-state index contributed by atoms with van der Waals surface area (Å²) in [5, 5.41) is 13.7. The number of tetrazole rings is 1. The number of benzene rings is 2. The van der Waals surface area contributed by atoms with E-state index >= 15 is 0 Å². The van der Waals surface area contributed by atoms with E-state index in [4.69, 9.17) is 32.7 Å². The first-order valence-corrected chi connectivity index (χ1v) is 8.06. The minimum absolute atomic E-state index is 0.428. The van der Waals surface area contributed by atoms with Gasteiger partial charge < -0.3 is 9.47 Å². The summed E-state index contributed by atoms with van der Waals surface area (Å²) in [7, 11) is 0. The summed E-state index contributed by atoms with van der Waals surface area (Å²) < 4.78 is 11.1. The third kappa shape index (κ3) is 3.02. The van der Waals surface area contributed by atoms with Crippen molar-refractivity contribution in [1.29, 1.82) is 0 Å². The molecule has 6 nitrogen and oxygen atoms in total. The number of ether oxygens (including phenoxy) is 2. The number of nitrogens with zero attached hydrogens (tertiary/aromatic N) is 4. The van der Waals surface area contributed by atoms with E-state index in [9.17, 15) is 0 Å². The second kappa shape index (κ2) is 6.30. The number of aromatic nitrogens is 4. The Hall–Kier alpha value is -2.31. The highest BCUT2D eigenvalue weighted by molar-refractivity contribution is 6.32. The quantitative estimate of drug-likeness (QED) is 0.713. The Morgan fingerprint density at radius 3 is 2.67 bits per heavy atom. The molecule has 2 heterocycles. The number of halogens is 2. The van der Waals surface area contributed by atoms with Crippen LogP contribution >= 0.6 is 23.2 Å². The Bertz CT molecular complexity index is 880. The smallest absolute Gasteiger partial charge is 0.204 e. The molecule has 122 valence electrons. The Labute approximate surface area is 147 Å². The SMILES string of the molecule is Clc1ccc(-c2nnn(Cc3cc(Cl)c4c(c3)OCCO4)n2)cc1. The van der Waals surface area contributed by atoms with Crippen LogP contribution in [0.1, 0.15) is 5.56 Å². The molecule has 1 aromatic heterocycles. The minimum Gasteiger partial charge on any atom is -0.486 e. The van der Waals surface area contributed by atoms with Crippen LogP contribution in [-0.2, 0) is 6.54 Å². The second-order valence-corrected chi connectivity index (χ2v) is 6.10. The van der Waals surface area contributed by atoms with E-state index < -0.39 is 0 Å². The van der Waals surface area contributed by atoms with Gasteiger partial charge in [-0.2, -0.15) is 4.80 Å². The van der Waals surface area contributed by atoms with Gasteiger partial charge >= 0.3 is 0 Å². The van der Waals surface area contributed by atoms with E-state index in [1.807, 2.05) is 24.3 Å². The first-order valence-electron chi connectivity index (χ1n) is 7.31. The van der Waals surface area contributed by atoms with Crippen molar-refractivity contribution in [2.24, 2.45) is 0 Å². The van der Waals surface area contributed by atoms with Crippen molar-refractivity contribution in [3.8, 4) is 22.9 Å². The fourth-order valence-electron chi connectivity index (χ4n) is 2.44. The third-order valence-corrected chi connectivity index (χ3v) is 4.07. The molecule has 0 saturated heterocycles. The van der Waals surface area contributed by atoms with Crippen LogP contribution in [0.15, 0.2) is 36.4 Å². The molecule has 0 bridgehead atoms. The molecule has 0 unspecified atom stereocenters. The molecular weight excluding hydrogens is 351 g/mol. The molecule has 0 N–H and O–H groups in total. The summed E-state index contributed by atoms with van der Waals surface area (Å²) in [6, 6.07) is 11.0. The molecule has 8 heteroatoms. The summed E-state index contributed by atoms with van der Waals surface area (Å²) >= 11 is 12.1. The lowest BCUT2D eigenvalue weighted by Crippen LogP contribution is -2.16. The van der Waals surface area contributed by atoms with Gasteiger partial charge in [0.1, 0.15) is 13.2 Å². The lowest BCUT2D eigenvalue weighted by molar-refractivity contribution is 0.171. The fraction of sp³-hybridized carbons (Fsp3) is 0.188. The second-order valence-electron chi connectivity index (χ2n) is 5.25. The van der Waals surface area contributed by atoms with Gasteiger partial charge in [0.25, 0.3) is 0 Å². The molecule has 1 aliphatic heterocycles. The Balaban J connectivity index is 1.58. The van der Waals surface area contributed by atoms with Gasteiger partial charge in [-0.3, -0.25) is 0 Å². The summed E-state index contributed by atoms with van der Waals surface area (Å²) in [6.45, 7) is 1.44. The van der Waals surface area contributed by atoms with Crippen molar-refractivity contribution in [2.75, 3.05) is 13.2 Å². The molecule has 0 radical (unpaired) electrons. The van der Waals surface area contributed by atoms with Crippen LogP contribution in [0.25, 0.3) is 11.4 Å². The standard InChI is InChI=1S/C16H12Cl2N4O2/c17-12-3-1-11(2-4-12)16-19-21-22(20-16)9-10-7-13(18)15-14(8-10)23-5-6-24-15/h1-4,7-8H,5-6,9H2. The zero-order chi connectivity index (χ0) is 16.5. The van der Waals surface area contributed by atoms with E-state index in [-0.39, 0.29) is 0 Å². The molecule has 0 saturated carbocycles. The van der Waals surface area contributed by atoms with E-state index in [1.165, 1.54) is 4.80 Å². The Kier molecular flexibility index (Phi) is 4.00. The van der Waals surface area contributed by atoms with Crippen molar-refractivity contribution in [1.82, 2.24) is 20.2 Å². The average Bonchev–Trinajstić information content (AvgIpc) is 3.04. The maximum Gasteiger partial charge on any atom is 0.204 e. The van der Waals surface area contributed by atoms with E-state index in [2.05, 4.69) is 15.4 Å². The monoisotopic (exact) mass is 362 g/mol. The maximum absolute atomic E-state index is 6.25. The van der Waals surface area contributed by atoms with Crippen LogP contribution in [0.5, 0.6) is 11.5 Å². The molecule has 0 spiro atoms. The summed E-state index contributed by atoms with van der Waals surface area (Å²) in [6.07, 6.45) is 0. The van der Waals surface area contributed by atoms with E-state index in [0.717, 1.165) is 11.1 Å². The Morgan fingerprint density at radius 2 is 1.83 bits per heavy atom. The largest absolute Gasteiger partial charge is 0.486 e. The van der Waals surface area contributed by atoms with Crippen molar-refractivity contribution in [2.45, 2.75) is 6.54 Å². The van der Waals surface area contributed by atoms with Gasteiger partial charge in [0.2, 0.25) is 5.82 Å². The summed E-state index contributed by atoms with van der Waals surface area (Å²) in [5.41, 5.74) is 1.76. The molecule has 4 rings (SSSR count). The van der Waals surface area contributed by atoms with Gasteiger partial charge in [-0.25, -0.2) is 0 Å². The van der Waals surface area contributed by atoms with Crippen LogP contribution < -0.4 is 9.47 Å². The highest BCUT2D eigenvalue weighted by Crippen LogP contribution is 2.38. The zero-order valence-electron chi connectivity index (χ0n) is 12.4. The van der Waals surface area contributed by atoms with Crippen LogP contribution in [0.3, 0.4) is 0 Å². The highest BCUT2D eigenvalue weighted by atomic mass is 35.5. The average molecular weight is 363 g/mol. The van der Waals surface area contributed by atoms with Crippen molar-refractivity contribution < 1.29 is 9.47 Å². The summed E-state index contributed by atoms with van der Waals surface area (Å²) in [5.74, 6) is 1.76. The van der Waals surface area contributed by atoms with Crippen LogP contribution in [-0.4, -0.2) is 33.4 Å². The molecule has 0 aliphatic carbocycles. The molecule has 24 heavy (non-hydrogen) atoms. The molecule has 0 atom stereocenters. The zero-order valence-corrected chi connectivity index (χ0v) is 14.0. The van der Waals surface area contributed by atoms with Gasteiger partial charge in [-0.15, -0.1) is 10.2 Å². The normalized spacial score (nSPS) is 13.1. The van der Waals surface area contributed by atoms with Crippen LogP contribution in [0.4, 0.5) is 0 Å². The van der Waals surface area contributed by atoms with Gasteiger partial charge in [-0.05, 0) is 47.2 Å². The van der Waals surface area contributed by atoms with Gasteiger partial charge in [0, 0.05) is 10.6 Å². The Morgan fingerprint density at radius 1 is 1.04 bits per heavy atom. The number of fused-ring (bicyclic) bond motifs is 1. The molecule has 0 fully saturated rings. The van der Waals surface area contributed by atoms with Crippen molar-refractivity contribution in [3.63, 3.8) is 0 Å². The van der Waals surface area contributed by atoms with Gasteiger partial charge in [0.15, 0.2) is 11.5 Å². The number of rotatable bonds is 3. The minimum atomic E-state index is 0.428. The molecular formula is C16H12Cl2N4O2. The third-order valence-electron chi connectivity index (χ3n) is 3.54. The first-order chi connectivity index (χ1) is 11.7. The van der Waals surface area contributed by atoms with Gasteiger partial charge in [0.05, 0.1) is 11.6 Å². The molecule has 1 aliphatic rings. The predicted molar refractivity (Wildman–Crippen MR) is 89.8 cm³/mol. The lowest BCUT2D eigenvalue weighted by Gasteiger charge is -2.20. The van der Waals surface area contributed by atoms with E-state index in [0.29, 0.717) is 47.1 Å². The van der Waals surface area contributed by atoms with Crippen LogP contribution in [0.2, 0.25) is 10.0 Å². The first kappa shape index (κ1) is 15.2. The molecule has 2 aromatic carbocycles. The van der Waals surface area contributed by atoms with Gasteiger partial charge in [-0.1, -0.05) is 23.2 Å². The summed E-state index contributed by atoms with van der Waals surface area (Å²) in [4.78, 5) is 1.51. The van der Waals surface area contributed by atoms with Crippen molar-refractivity contribution in [3.05, 3.63) is 52.0 Å². The van der Waals surface area contributed by atoms with Crippen molar-refractivity contribution >= 4 is 23.2 Å². The van der Waals surface area contributed by atoms with E-state index in [1.54, 1.807) is 12.1 Å². The fourth-order valence-corrected chi connectivity index (χ4v) is 2.86.